The third kappa shape index (κ3) is 2.02. The Morgan fingerprint density at radius 1 is 1.06 bits per heavy atom. The van der Waals surface area contributed by atoms with Crippen LogP contribution in [0.15, 0.2) is 0 Å². The number of unbranched alkanes of at least 4 members (excludes halogenated alkanes) is 2. The fraction of sp³-hybridized carbons (Fsp3) is 1.00. The third-order valence-corrected chi connectivity index (χ3v) is 4.95. The van der Waals surface area contributed by atoms with E-state index in [1.54, 1.807) is 0 Å². The SMILES string of the molecule is CCCCCNC1C2CC3CC1CN(C3)C2. The standard InChI is InChI=1S/C14H26N2/c1-2-3-4-5-15-14-12-6-11-7-13(14)10-16(8-11)9-12/h11-15H,2-10H2,1H3. The van der Waals surface area contributed by atoms with Crippen molar-refractivity contribution >= 4 is 0 Å². The fourth-order valence-electron chi connectivity index (χ4n) is 4.39. The van der Waals surface area contributed by atoms with Gasteiger partial charge in [-0.2, -0.15) is 0 Å². The molecule has 0 aromatic heterocycles. The van der Waals surface area contributed by atoms with Gasteiger partial charge in [-0.1, -0.05) is 19.8 Å². The van der Waals surface area contributed by atoms with Gasteiger partial charge in [-0.05, 0) is 43.6 Å². The first-order chi connectivity index (χ1) is 7.86. The van der Waals surface area contributed by atoms with E-state index in [-0.39, 0.29) is 0 Å². The summed E-state index contributed by atoms with van der Waals surface area (Å²) in [6.45, 7) is 7.73. The second-order valence-electron chi connectivity index (χ2n) is 6.26. The van der Waals surface area contributed by atoms with Gasteiger partial charge in [-0.15, -0.1) is 0 Å². The summed E-state index contributed by atoms with van der Waals surface area (Å²) in [7, 11) is 0. The molecule has 4 rings (SSSR count). The van der Waals surface area contributed by atoms with Crippen LogP contribution in [0.5, 0.6) is 0 Å². The largest absolute Gasteiger partial charge is 0.313 e. The zero-order valence-corrected chi connectivity index (χ0v) is 10.6. The molecule has 1 saturated carbocycles. The molecule has 0 aromatic carbocycles. The smallest absolute Gasteiger partial charge is 0.0148 e. The van der Waals surface area contributed by atoms with Crippen LogP contribution in [-0.2, 0) is 0 Å². The molecule has 2 nitrogen and oxygen atoms in total. The van der Waals surface area contributed by atoms with E-state index in [0.29, 0.717) is 0 Å². The predicted molar refractivity (Wildman–Crippen MR) is 67.5 cm³/mol. The first-order valence-electron chi connectivity index (χ1n) is 7.32. The molecule has 92 valence electrons. The van der Waals surface area contributed by atoms with Crippen LogP contribution in [0.1, 0.15) is 39.0 Å². The lowest BCUT2D eigenvalue weighted by Crippen LogP contribution is -2.63. The molecule has 2 atom stereocenters. The summed E-state index contributed by atoms with van der Waals surface area (Å²) < 4.78 is 0. The van der Waals surface area contributed by atoms with Gasteiger partial charge < -0.3 is 10.2 Å². The van der Waals surface area contributed by atoms with Crippen LogP contribution in [0.4, 0.5) is 0 Å². The lowest BCUT2D eigenvalue weighted by Gasteiger charge is -2.56. The Morgan fingerprint density at radius 3 is 2.44 bits per heavy atom. The maximum Gasteiger partial charge on any atom is 0.0148 e. The van der Waals surface area contributed by atoms with E-state index in [2.05, 4.69) is 17.1 Å². The van der Waals surface area contributed by atoms with Gasteiger partial charge in [0.2, 0.25) is 0 Å². The molecule has 0 radical (unpaired) electrons. The molecule has 1 aliphatic carbocycles. The number of hydrogen-bond acceptors (Lipinski definition) is 2. The van der Waals surface area contributed by atoms with Crippen LogP contribution < -0.4 is 5.32 Å². The summed E-state index contributed by atoms with van der Waals surface area (Å²) >= 11 is 0. The van der Waals surface area contributed by atoms with Crippen molar-refractivity contribution in [1.29, 1.82) is 0 Å². The highest BCUT2D eigenvalue weighted by Crippen LogP contribution is 2.43. The highest BCUT2D eigenvalue weighted by Gasteiger charge is 2.46. The Kier molecular flexibility index (Phi) is 3.21. The van der Waals surface area contributed by atoms with E-state index in [1.807, 2.05) is 0 Å². The summed E-state index contributed by atoms with van der Waals surface area (Å²) in [5, 5.41) is 3.87. The van der Waals surface area contributed by atoms with Gasteiger partial charge in [0, 0.05) is 25.7 Å². The number of rotatable bonds is 5. The van der Waals surface area contributed by atoms with Gasteiger partial charge in [0.15, 0.2) is 0 Å². The van der Waals surface area contributed by atoms with Crippen LogP contribution in [-0.4, -0.2) is 37.1 Å². The predicted octanol–water partition coefficient (Wildman–Crippen LogP) is 2.11. The van der Waals surface area contributed by atoms with E-state index in [0.717, 1.165) is 23.8 Å². The average molecular weight is 222 g/mol. The quantitative estimate of drug-likeness (QED) is 0.717. The van der Waals surface area contributed by atoms with E-state index < -0.39 is 0 Å². The van der Waals surface area contributed by atoms with Gasteiger partial charge >= 0.3 is 0 Å². The molecular formula is C14H26N2. The summed E-state index contributed by atoms with van der Waals surface area (Å²) in [6, 6.07) is 0.865. The lowest BCUT2D eigenvalue weighted by molar-refractivity contribution is -0.0440. The summed E-state index contributed by atoms with van der Waals surface area (Å²) in [5.74, 6) is 3.01. The van der Waals surface area contributed by atoms with Gasteiger partial charge in [0.1, 0.15) is 0 Å². The molecule has 3 aliphatic heterocycles. The highest BCUT2D eigenvalue weighted by atomic mass is 15.2. The van der Waals surface area contributed by atoms with Crippen molar-refractivity contribution in [1.82, 2.24) is 10.2 Å². The van der Waals surface area contributed by atoms with Gasteiger partial charge in [0.25, 0.3) is 0 Å². The van der Waals surface area contributed by atoms with Crippen molar-refractivity contribution < 1.29 is 0 Å². The van der Waals surface area contributed by atoms with Crippen LogP contribution in [0.2, 0.25) is 0 Å². The van der Waals surface area contributed by atoms with Crippen LogP contribution >= 0.6 is 0 Å². The van der Waals surface area contributed by atoms with E-state index in [4.69, 9.17) is 0 Å². The maximum atomic E-state index is 3.87. The van der Waals surface area contributed by atoms with E-state index in [9.17, 15) is 0 Å². The van der Waals surface area contributed by atoms with Crippen molar-refractivity contribution in [2.24, 2.45) is 17.8 Å². The minimum absolute atomic E-state index is 0.865. The number of piperidine rings is 3. The zero-order valence-electron chi connectivity index (χ0n) is 10.6. The second kappa shape index (κ2) is 4.66. The zero-order chi connectivity index (χ0) is 11.0. The highest BCUT2D eigenvalue weighted by molar-refractivity contribution is 5.01. The van der Waals surface area contributed by atoms with Crippen LogP contribution in [0, 0.1) is 17.8 Å². The van der Waals surface area contributed by atoms with Gasteiger partial charge in [-0.25, -0.2) is 0 Å². The number of nitrogens with zero attached hydrogens (tertiary/aromatic N) is 1. The second-order valence-corrected chi connectivity index (χ2v) is 6.26. The van der Waals surface area contributed by atoms with Crippen molar-refractivity contribution in [2.45, 2.75) is 45.1 Å². The number of hydrogen-bond donors (Lipinski definition) is 1. The first-order valence-corrected chi connectivity index (χ1v) is 7.32. The molecule has 2 heteroatoms. The lowest BCUT2D eigenvalue weighted by atomic mass is 9.65. The van der Waals surface area contributed by atoms with Crippen molar-refractivity contribution in [2.75, 3.05) is 26.2 Å². The molecule has 4 bridgehead atoms. The normalized spacial score (nSPS) is 45.2. The van der Waals surface area contributed by atoms with Crippen LogP contribution in [0.3, 0.4) is 0 Å². The molecular weight excluding hydrogens is 196 g/mol. The Bertz CT molecular complexity index is 211. The molecule has 0 aromatic rings. The monoisotopic (exact) mass is 222 g/mol. The summed E-state index contributed by atoms with van der Waals surface area (Å²) in [5.41, 5.74) is 0. The molecule has 3 saturated heterocycles. The Labute approximate surface area is 99.8 Å². The first kappa shape index (κ1) is 11.0. The van der Waals surface area contributed by atoms with E-state index in [1.165, 1.54) is 58.3 Å². The number of nitrogens with one attached hydrogen (secondary N) is 1. The summed E-state index contributed by atoms with van der Waals surface area (Å²) in [6.07, 6.45) is 7.13. The molecule has 0 amide bonds. The van der Waals surface area contributed by atoms with Gasteiger partial charge in [0.05, 0.1) is 0 Å². The van der Waals surface area contributed by atoms with E-state index >= 15 is 0 Å². The summed E-state index contributed by atoms with van der Waals surface area (Å²) in [4.78, 5) is 2.72. The van der Waals surface area contributed by atoms with Gasteiger partial charge in [-0.3, -0.25) is 0 Å². The van der Waals surface area contributed by atoms with Crippen molar-refractivity contribution in [3.8, 4) is 0 Å². The molecule has 1 N–H and O–H groups in total. The molecule has 2 unspecified atom stereocenters. The maximum absolute atomic E-state index is 3.87. The topological polar surface area (TPSA) is 15.3 Å². The minimum atomic E-state index is 0.865. The Balaban J connectivity index is 1.52. The van der Waals surface area contributed by atoms with Crippen LogP contribution in [0.25, 0.3) is 0 Å². The Hall–Kier alpha value is -0.0800. The molecule has 3 heterocycles. The molecule has 4 fully saturated rings. The minimum Gasteiger partial charge on any atom is -0.313 e. The molecule has 4 aliphatic rings. The van der Waals surface area contributed by atoms with Crippen molar-refractivity contribution in [3.05, 3.63) is 0 Å². The molecule has 0 spiro atoms. The van der Waals surface area contributed by atoms with Crippen molar-refractivity contribution in [3.63, 3.8) is 0 Å². The average Bonchev–Trinajstić information content (AvgIpc) is 2.26. The Morgan fingerprint density at radius 2 is 1.81 bits per heavy atom. The third-order valence-electron chi connectivity index (χ3n) is 4.95. The molecule has 16 heavy (non-hydrogen) atoms. The fourth-order valence-corrected chi connectivity index (χ4v) is 4.39.